The van der Waals surface area contributed by atoms with Crippen LogP contribution in [0.15, 0.2) is 0 Å². The van der Waals surface area contributed by atoms with Gasteiger partial charge in [0.15, 0.2) is 0 Å². The van der Waals surface area contributed by atoms with E-state index in [1.807, 2.05) is 7.05 Å². The maximum atomic E-state index is 12.1. The van der Waals surface area contributed by atoms with E-state index < -0.39 is 0 Å². The molecule has 0 spiro atoms. The van der Waals surface area contributed by atoms with Crippen LogP contribution in [0.25, 0.3) is 0 Å². The number of rotatable bonds is 6. The number of likely N-dealkylation sites (tertiary alicyclic amines) is 1. The first kappa shape index (κ1) is 14.8. The first-order valence-electron chi connectivity index (χ1n) is 8.22. The average molecular weight is 266 g/mol. The van der Waals surface area contributed by atoms with E-state index in [0.717, 1.165) is 44.3 Å². The zero-order valence-corrected chi connectivity index (χ0v) is 12.5. The summed E-state index contributed by atoms with van der Waals surface area (Å²) in [4.78, 5) is 14.2. The summed E-state index contributed by atoms with van der Waals surface area (Å²) in [5.74, 6) is 2.10. The molecule has 1 saturated heterocycles. The Balaban J connectivity index is 1.58. The summed E-state index contributed by atoms with van der Waals surface area (Å²) in [5.41, 5.74) is 0. The van der Waals surface area contributed by atoms with Crippen molar-refractivity contribution >= 4 is 5.91 Å². The number of nitrogens with zero attached hydrogens (tertiary/aromatic N) is 1. The molecule has 2 fully saturated rings. The number of carbonyl (C=O) groups is 1. The SMILES string of the molecule is CNCC1CCN(C(=O)CCCC2CCCC2)CC1. The fourth-order valence-electron chi connectivity index (χ4n) is 3.67. The van der Waals surface area contributed by atoms with Gasteiger partial charge in [0.05, 0.1) is 0 Å². The van der Waals surface area contributed by atoms with Gasteiger partial charge < -0.3 is 10.2 Å². The first-order chi connectivity index (χ1) is 9.29. The highest BCUT2D eigenvalue weighted by atomic mass is 16.2. The van der Waals surface area contributed by atoms with Crippen molar-refractivity contribution in [1.82, 2.24) is 10.2 Å². The fourth-order valence-corrected chi connectivity index (χ4v) is 3.67. The number of amides is 1. The molecule has 1 heterocycles. The lowest BCUT2D eigenvalue weighted by molar-refractivity contribution is -0.132. The third kappa shape index (κ3) is 4.79. The predicted octanol–water partition coefficient (Wildman–Crippen LogP) is 2.80. The zero-order chi connectivity index (χ0) is 13.5. The molecule has 0 aromatic heterocycles. The molecular weight excluding hydrogens is 236 g/mol. The quantitative estimate of drug-likeness (QED) is 0.802. The lowest BCUT2D eigenvalue weighted by atomic mass is 9.96. The van der Waals surface area contributed by atoms with Gasteiger partial charge in [0.1, 0.15) is 0 Å². The number of hydrogen-bond donors (Lipinski definition) is 1. The molecule has 1 saturated carbocycles. The van der Waals surface area contributed by atoms with Crippen molar-refractivity contribution in [2.24, 2.45) is 11.8 Å². The van der Waals surface area contributed by atoms with Crippen molar-refractivity contribution in [1.29, 1.82) is 0 Å². The minimum absolute atomic E-state index is 0.404. The van der Waals surface area contributed by atoms with Gasteiger partial charge in [-0.05, 0) is 51.1 Å². The smallest absolute Gasteiger partial charge is 0.222 e. The van der Waals surface area contributed by atoms with Gasteiger partial charge in [-0.2, -0.15) is 0 Å². The highest BCUT2D eigenvalue weighted by Gasteiger charge is 2.22. The van der Waals surface area contributed by atoms with Crippen molar-refractivity contribution < 1.29 is 4.79 Å². The van der Waals surface area contributed by atoms with E-state index in [1.165, 1.54) is 44.9 Å². The van der Waals surface area contributed by atoms with E-state index in [-0.39, 0.29) is 0 Å². The lowest BCUT2D eigenvalue weighted by Gasteiger charge is -2.32. The average Bonchev–Trinajstić information content (AvgIpc) is 2.93. The van der Waals surface area contributed by atoms with Crippen LogP contribution in [0.2, 0.25) is 0 Å². The number of hydrogen-bond acceptors (Lipinski definition) is 2. The zero-order valence-electron chi connectivity index (χ0n) is 12.5. The molecule has 3 heteroatoms. The van der Waals surface area contributed by atoms with Crippen LogP contribution in [0.3, 0.4) is 0 Å². The molecule has 3 nitrogen and oxygen atoms in total. The molecule has 2 rings (SSSR count). The summed E-state index contributed by atoms with van der Waals surface area (Å²) in [6, 6.07) is 0. The van der Waals surface area contributed by atoms with Crippen LogP contribution in [-0.2, 0) is 4.79 Å². The first-order valence-corrected chi connectivity index (χ1v) is 8.22. The van der Waals surface area contributed by atoms with Crippen LogP contribution in [0.4, 0.5) is 0 Å². The Bertz CT molecular complexity index is 266. The van der Waals surface area contributed by atoms with Crippen LogP contribution in [0, 0.1) is 11.8 Å². The maximum Gasteiger partial charge on any atom is 0.222 e. The van der Waals surface area contributed by atoms with E-state index in [2.05, 4.69) is 10.2 Å². The highest BCUT2D eigenvalue weighted by Crippen LogP contribution is 2.29. The molecule has 0 bridgehead atoms. The molecular formula is C16H30N2O. The minimum atomic E-state index is 0.404. The van der Waals surface area contributed by atoms with Gasteiger partial charge in [-0.3, -0.25) is 4.79 Å². The van der Waals surface area contributed by atoms with Crippen LogP contribution < -0.4 is 5.32 Å². The molecule has 2 aliphatic rings. The number of nitrogens with one attached hydrogen (secondary N) is 1. The fraction of sp³-hybridized carbons (Fsp3) is 0.938. The van der Waals surface area contributed by atoms with E-state index in [0.29, 0.717) is 5.91 Å². The Morgan fingerprint density at radius 1 is 1.11 bits per heavy atom. The Hall–Kier alpha value is -0.570. The lowest BCUT2D eigenvalue weighted by Crippen LogP contribution is -2.40. The maximum absolute atomic E-state index is 12.1. The topological polar surface area (TPSA) is 32.3 Å². The van der Waals surface area contributed by atoms with E-state index in [4.69, 9.17) is 0 Å². The van der Waals surface area contributed by atoms with Crippen LogP contribution in [-0.4, -0.2) is 37.5 Å². The van der Waals surface area contributed by atoms with E-state index in [9.17, 15) is 4.79 Å². The van der Waals surface area contributed by atoms with Crippen LogP contribution >= 0.6 is 0 Å². The monoisotopic (exact) mass is 266 g/mol. The summed E-state index contributed by atoms with van der Waals surface area (Å²) < 4.78 is 0. The van der Waals surface area contributed by atoms with Gasteiger partial charge in [0.2, 0.25) is 5.91 Å². The Kier molecular flexibility index (Phi) is 6.15. The molecule has 1 aliphatic heterocycles. The normalized spacial score (nSPS) is 22.1. The second kappa shape index (κ2) is 7.88. The van der Waals surface area contributed by atoms with Gasteiger partial charge in [-0.25, -0.2) is 0 Å². The van der Waals surface area contributed by atoms with Crippen LogP contribution in [0.5, 0.6) is 0 Å². The van der Waals surface area contributed by atoms with Crippen molar-refractivity contribution in [2.75, 3.05) is 26.7 Å². The second-order valence-corrected chi connectivity index (χ2v) is 6.42. The molecule has 1 amide bonds. The van der Waals surface area contributed by atoms with Gasteiger partial charge in [-0.1, -0.05) is 25.7 Å². The van der Waals surface area contributed by atoms with Crippen molar-refractivity contribution in [3.05, 3.63) is 0 Å². The van der Waals surface area contributed by atoms with E-state index >= 15 is 0 Å². The molecule has 0 aromatic rings. The molecule has 0 aromatic carbocycles. The van der Waals surface area contributed by atoms with Crippen molar-refractivity contribution in [3.8, 4) is 0 Å². The number of piperidine rings is 1. The minimum Gasteiger partial charge on any atom is -0.343 e. The van der Waals surface area contributed by atoms with Gasteiger partial charge in [0.25, 0.3) is 0 Å². The Morgan fingerprint density at radius 2 is 1.79 bits per heavy atom. The summed E-state index contributed by atoms with van der Waals surface area (Å²) >= 11 is 0. The summed E-state index contributed by atoms with van der Waals surface area (Å²) in [6.07, 6.45) is 11.2. The molecule has 0 radical (unpaired) electrons. The van der Waals surface area contributed by atoms with E-state index in [1.54, 1.807) is 0 Å². The third-order valence-electron chi connectivity index (χ3n) is 4.94. The standard InChI is InChI=1S/C16H30N2O/c1-17-13-15-9-11-18(12-10-15)16(19)8-4-7-14-5-2-3-6-14/h14-15,17H,2-13H2,1H3. The van der Waals surface area contributed by atoms with Gasteiger partial charge in [0, 0.05) is 19.5 Å². The van der Waals surface area contributed by atoms with Crippen molar-refractivity contribution in [3.63, 3.8) is 0 Å². The second-order valence-electron chi connectivity index (χ2n) is 6.42. The van der Waals surface area contributed by atoms with Crippen molar-refractivity contribution in [2.45, 2.75) is 57.8 Å². The Labute approximate surface area is 118 Å². The molecule has 1 N–H and O–H groups in total. The highest BCUT2D eigenvalue weighted by molar-refractivity contribution is 5.76. The largest absolute Gasteiger partial charge is 0.343 e. The third-order valence-corrected chi connectivity index (χ3v) is 4.94. The molecule has 110 valence electrons. The predicted molar refractivity (Wildman–Crippen MR) is 79.0 cm³/mol. The van der Waals surface area contributed by atoms with Gasteiger partial charge >= 0.3 is 0 Å². The van der Waals surface area contributed by atoms with Crippen LogP contribution in [0.1, 0.15) is 57.8 Å². The summed E-state index contributed by atoms with van der Waals surface area (Å²) in [5, 5.41) is 3.24. The molecule has 0 unspecified atom stereocenters. The number of carbonyl (C=O) groups excluding carboxylic acids is 1. The summed E-state index contributed by atoms with van der Waals surface area (Å²) in [6.45, 7) is 3.06. The Morgan fingerprint density at radius 3 is 2.42 bits per heavy atom. The summed E-state index contributed by atoms with van der Waals surface area (Å²) in [7, 11) is 2.01. The van der Waals surface area contributed by atoms with Gasteiger partial charge in [-0.15, -0.1) is 0 Å². The molecule has 0 atom stereocenters. The molecule has 19 heavy (non-hydrogen) atoms. The molecule has 1 aliphatic carbocycles.